The van der Waals surface area contributed by atoms with Gasteiger partial charge < -0.3 is 10.1 Å². The van der Waals surface area contributed by atoms with Gasteiger partial charge in [-0.25, -0.2) is 0 Å². The van der Waals surface area contributed by atoms with Crippen molar-refractivity contribution in [1.29, 1.82) is 0 Å². The Morgan fingerprint density at radius 2 is 1.96 bits per heavy atom. The number of rotatable bonds is 7. The van der Waals surface area contributed by atoms with E-state index in [0.717, 1.165) is 45.0 Å². The van der Waals surface area contributed by atoms with Crippen molar-refractivity contribution >= 4 is 0 Å². The van der Waals surface area contributed by atoms with Gasteiger partial charge in [0.1, 0.15) is 0 Å². The molecule has 0 radical (unpaired) electrons. The molecule has 1 saturated heterocycles. The van der Waals surface area contributed by atoms with Gasteiger partial charge in [0, 0.05) is 50.3 Å². The van der Waals surface area contributed by atoms with E-state index in [1.54, 1.807) is 12.4 Å². The van der Waals surface area contributed by atoms with Crippen LogP contribution < -0.4 is 5.32 Å². The Morgan fingerprint density at radius 1 is 1.17 bits per heavy atom. The third kappa shape index (κ3) is 5.09. The second-order valence-corrected chi connectivity index (χ2v) is 6.32. The Morgan fingerprint density at radius 3 is 2.67 bits per heavy atom. The molecule has 2 unspecified atom stereocenters. The molecule has 1 aromatic carbocycles. The zero-order chi connectivity index (χ0) is 16.6. The van der Waals surface area contributed by atoms with E-state index in [-0.39, 0.29) is 6.04 Å². The number of nitrogens with one attached hydrogen (secondary N) is 1. The first-order valence-corrected chi connectivity index (χ1v) is 8.67. The normalized spacial score (nSPS) is 18.2. The number of hydrogen-bond acceptors (Lipinski definition) is 5. The molecule has 1 aromatic heterocycles. The molecule has 1 fully saturated rings. The number of nitrogens with zero attached hydrogens (tertiary/aromatic N) is 3. The first-order chi connectivity index (χ1) is 11.8. The monoisotopic (exact) mass is 326 g/mol. The van der Waals surface area contributed by atoms with E-state index in [2.05, 4.69) is 57.4 Å². The number of hydrogen-bond donors (Lipinski definition) is 1. The van der Waals surface area contributed by atoms with Crippen LogP contribution in [0.25, 0.3) is 0 Å². The highest BCUT2D eigenvalue weighted by Crippen LogP contribution is 2.12. The molecule has 1 N–H and O–H groups in total. The molecule has 2 atom stereocenters. The maximum atomic E-state index is 5.47. The van der Waals surface area contributed by atoms with Crippen LogP contribution in [-0.2, 0) is 11.2 Å². The summed E-state index contributed by atoms with van der Waals surface area (Å²) in [5.74, 6) is 0. The molecule has 24 heavy (non-hydrogen) atoms. The predicted octanol–water partition coefficient (Wildman–Crippen LogP) is 2.07. The molecule has 0 amide bonds. The first-order valence-electron chi connectivity index (χ1n) is 8.67. The van der Waals surface area contributed by atoms with Crippen molar-refractivity contribution in [2.45, 2.75) is 25.4 Å². The zero-order valence-electron chi connectivity index (χ0n) is 14.3. The summed E-state index contributed by atoms with van der Waals surface area (Å²) < 4.78 is 5.47. The maximum Gasteiger partial charge on any atom is 0.0753 e. The number of morpholine rings is 1. The molecular formula is C19H26N4O. The summed E-state index contributed by atoms with van der Waals surface area (Å²) in [6.07, 6.45) is 6.31. The zero-order valence-corrected chi connectivity index (χ0v) is 14.3. The molecule has 5 nitrogen and oxygen atoms in total. The van der Waals surface area contributed by atoms with Gasteiger partial charge in [-0.1, -0.05) is 30.3 Å². The predicted molar refractivity (Wildman–Crippen MR) is 94.8 cm³/mol. The smallest absolute Gasteiger partial charge is 0.0753 e. The van der Waals surface area contributed by atoms with Crippen molar-refractivity contribution in [3.63, 3.8) is 0 Å². The van der Waals surface area contributed by atoms with Crippen LogP contribution in [0.15, 0.2) is 48.9 Å². The molecule has 0 bridgehead atoms. The lowest BCUT2D eigenvalue weighted by Crippen LogP contribution is -2.47. The largest absolute Gasteiger partial charge is 0.379 e. The van der Waals surface area contributed by atoms with E-state index in [0.29, 0.717) is 6.04 Å². The molecule has 0 spiro atoms. The average molecular weight is 326 g/mol. The van der Waals surface area contributed by atoms with Gasteiger partial charge in [-0.15, -0.1) is 0 Å². The third-order valence-corrected chi connectivity index (χ3v) is 4.42. The molecule has 1 aliphatic rings. The van der Waals surface area contributed by atoms with Crippen LogP contribution in [-0.4, -0.2) is 53.8 Å². The van der Waals surface area contributed by atoms with Gasteiger partial charge >= 0.3 is 0 Å². The Hall–Kier alpha value is -1.82. The van der Waals surface area contributed by atoms with Crippen LogP contribution in [0.2, 0.25) is 0 Å². The highest BCUT2D eigenvalue weighted by molar-refractivity contribution is 5.16. The van der Waals surface area contributed by atoms with E-state index >= 15 is 0 Å². The minimum atomic E-state index is 0.174. The fraction of sp³-hybridized carbons (Fsp3) is 0.474. The Kier molecular flexibility index (Phi) is 6.29. The van der Waals surface area contributed by atoms with Crippen LogP contribution in [0.4, 0.5) is 0 Å². The maximum absolute atomic E-state index is 5.47. The van der Waals surface area contributed by atoms with Gasteiger partial charge in [-0.05, 0) is 18.9 Å². The van der Waals surface area contributed by atoms with Gasteiger partial charge in [0.25, 0.3) is 0 Å². The van der Waals surface area contributed by atoms with E-state index in [1.807, 2.05) is 6.20 Å². The van der Waals surface area contributed by atoms with E-state index < -0.39 is 0 Å². The summed E-state index contributed by atoms with van der Waals surface area (Å²) in [5.41, 5.74) is 2.34. The Balaban J connectivity index is 1.66. The molecule has 2 heterocycles. The van der Waals surface area contributed by atoms with E-state index in [9.17, 15) is 0 Å². The summed E-state index contributed by atoms with van der Waals surface area (Å²) >= 11 is 0. The van der Waals surface area contributed by atoms with Crippen LogP contribution >= 0.6 is 0 Å². The van der Waals surface area contributed by atoms with Gasteiger partial charge in [-0.2, -0.15) is 0 Å². The van der Waals surface area contributed by atoms with Crippen LogP contribution in [0.5, 0.6) is 0 Å². The SMILES string of the molecule is CC(NC(Cc1ccccc1)CN1CCOCC1)c1cnccn1. The van der Waals surface area contributed by atoms with Crippen LogP contribution in [0.1, 0.15) is 24.2 Å². The standard InChI is InChI=1S/C19H26N4O/c1-16(19-14-20-7-8-21-19)22-18(13-17-5-3-2-4-6-17)15-23-9-11-24-12-10-23/h2-8,14,16,18,22H,9-13,15H2,1H3. The summed E-state index contributed by atoms with van der Waals surface area (Å²) in [4.78, 5) is 11.1. The summed E-state index contributed by atoms with van der Waals surface area (Å²) in [6.45, 7) is 6.85. The molecule has 1 aliphatic heterocycles. The van der Waals surface area contributed by atoms with Gasteiger partial charge in [-0.3, -0.25) is 14.9 Å². The van der Waals surface area contributed by atoms with Crippen LogP contribution in [0.3, 0.4) is 0 Å². The molecule has 0 aliphatic carbocycles. The van der Waals surface area contributed by atoms with E-state index in [1.165, 1.54) is 5.56 Å². The van der Waals surface area contributed by atoms with Crippen molar-refractivity contribution in [3.8, 4) is 0 Å². The summed E-state index contributed by atoms with van der Waals surface area (Å²) in [5, 5.41) is 3.74. The van der Waals surface area contributed by atoms with Crippen molar-refractivity contribution < 1.29 is 4.74 Å². The Bertz CT molecular complexity index is 587. The quantitative estimate of drug-likeness (QED) is 0.844. The number of benzene rings is 1. The highest BCUT2D eigenvalue weighted by atomic mass is 16.5. The minimum Gasteiger partial charge on any atom is -0.379 e. The number of aromatic nitrogens is 2. The fourth-order valence-electron chi connectivity index (χ4n) is 3.14. The van der Waals surface area contributed by atoms with E-state index in [4.69, 9.17) is 4.74 Å². The van der Waals surface area contributed by atoms with Crippen molar-refractivity contribution in [3.05, 3.63) is 60.2 Å². The molecule has 2 aromatic rings. The third-order valence-electron chi connectivity index (χ3n) is 4.42. The summed E-state index contributed by atoms with van der Waals surface area (Å²) in [7, 11) is 0. The molecule has 128 valence electrons. The molecular weight excluding hydrogens is 300 g/mol. The minimum absolute atomic E-state index is 0.174. The lowest BCUT2D eigenvalue weighted by Gasteiger charge is -2.32. The topological polar surface area (TPSA) is 50.3 Å². The lowest BCUT2D eigenvalue weighted by atomic mass is 10.0. The van der Waals surface area contributed by atoms with Gasteiger partial charge in [0.15, 0.2) is 0 Å². The fourth-order valence-corrected chi connectivity index (χ4v) is 3.14. The lowest BCUT2D eigenvalue weighted by molar-refractivity contribution is 0.0330. The second kappa shape index (κ2) is 8.87. The highest BCUT2D eigenvalue weighted by Gasteiger charge is 2.20. The van der Waals surface area contributed by atoms with Crippen LogP contribution in [0, 0.1) is 0 Å². The molecule has 3 rings (SSSR count). The first kappa shape index (κ1) is 17.0. The average Bonchev–Trinajstić information content (AvgIpc) is 2.64. The van der Waals surface area contributed by atoms with Gasteiger partial charge in [0.2, 0.25) is 0 Å². The molecule has 5 heteroatoms. The second-order valence-electron chi connectivity index (χ2n) is 6.32. The van der Waals surface area contributed by atoms with Gasteiger partial charge in [0.05, 0.1) is 18.9 Å². The number of ether oxygens (including phenoxy) is 1. The molecule has 0 saturated carbocycles. The van der Waals surface area contributed by atoms with Crippen molar-refractivity contribution in [1.82, 2.24) is 20.2 Å². The van der Waals surface area contributed by atoms with Crippen molar-refractivity contribution in [2.24, 2.45) is 0 Å². The summed E-state index contributed by atoms with van der Waals surface area (Å²) in [6, 6.07) is 11.2. The Labute approximate surface area is 144 Å². The van der Waals surface area contributed by atoms with Crippen molar-refractivity contribution in [2.75, 3.05) is 32.8 Å².